The van der Waals surface area contributed by atoms with Crippen molar-refractivity contribution in [2.24, 2.45) is 0 Å². The Morgan fingerprint density at radius 1 is 1.00 bits per heavy atom. The van der Waals surface area contributed by atoms with Crippen LogP contribution >= 0.6 is 11.3 Å². The van der Waals surface area contributed by atoms with Crippen LogP contribution in [0.5, 0.6) is 11.5 Å². The predicted molar refractivity (Wildman–Crippen MR) is 106 cm³/mol. The van der Waals surface area contributed by atoms with Gasteiger partial charge in [-0.3, -0.25) is 9.52 Å². The number of fused-ring (bicyclic) bond motifs is 2. The van der Waals surface area contributed by atoms with Gasteiger partial charge in [-0.2, -0.15) is 0 Å². The van der Waals surface area contributed by atoms with Gasteiger partial charge in [0.15, 0.2) is 5.75 Å². The molecule has 2 N–H and O–H groups in total. The predicted octanol–water partition coefficient (Wildman–Crippen LogP) is 4.52. The van der Waals surface area contributed by atoms with E-state index in [4.69, 9.17) is 4.74 Å². The second-order valence-corrected chi connectivity index (χ2v) is 9.43. The molecule has 6 nitrogen and oxygen atoms in total. The molecule has 1 aliphatic heterocycles. The molecule has 0 atom stereocenters. The van der Waals surface area contributed by atoms with Crippen LogP contribution < -0.4 is 14.8 Å². The first-order chi connectivity index (χ1) is 12.8. The van der Waals surface area contributed by atoms with E-state index in [1.54, 1.807) is 30.3 Å². The molecule has 138 valence electrons. The zero-order valence-electron chi connectivity index (χ0n) is 14.6. The van der Waals surface area contributed by atoms with Gasteiger partial charge >= 0.3 is 0 Å². The van der Waals surface area contributed by atoms with Gasteiger partial charge in [-0.15, -0.1) is 11.3 Å². The molecular weight excluding hydrogens is 384 g/mol. The Morgan fingerprint density at radius 2 is 1.78 bits per heavy atom. The number of aryl methyl sites for hydroxylation is 2. The van der Waals surface area contributed by atoms with Crippen LogP contribution in [0.1, 0.15) is 20.8 Å². The Labute approximate surface area is 160 Å². The second-order valence-electron chi connectivity index (χ2n) is 6.24. The van der Waals surface area contributed by atoms with E-state index in [2.05, 4.69) is 10.0 Å². The molecule has 0 bridgehead atoms. The maximum Gasteiger partial charge on any atom is 0.271 e. The summed E-state index contributed by atoms with van der Waals surface area (Å²) in [5, 5.41) is 2.81. The Kier molecular flexibility index (Phi) is 4.16. The third kappa shape index (κ3) is 3.41. The van der Waals surface area contributed by atoms with Crippen molar-refractivity contribution in [3.05, 3.63) is 64.5 Å². The lowest BCUT2D eigenvalue weighted by atomic mass is 10.1. The van der Waals surface area contributed by atoms with Crippen LogP contribution in [0.3, 0.4) is 0 Å². The van der Waals surface area contributed by atoms with E-state index in [0.717, 1.165) is 10.4 Å². The third-order valence-corrected chi connectivity index (χ3v) is 6.93. The summed E-state index contributed by atoms with van der Waals surface area (Å²) < 4.78 is 33.6. The molecule has 0 unspecified atom stereocenters. The van der Waals surface area contributed by atoms with E-state index in [1.807, 2.05) is 26.0 Å². The number of anilines is 2. The van der Waals surface area contributed by atoms with Gasteiger partial charge < -0.3 is 10.1 Å². The van der Waals surface area contributed by atoms with Crippen LogP contribution in [0.25, 0.3) is 0 Å². The molecular formula is C19H16N2O4S2. The van der Waals surface area contributed by atoms with Crippen molar-refractivity contribution in [2.75, 3.05) is 10.0 Å². The van der Waals surface area contributed by atoms with Crippen LogP contribution in [0.2, 0.25) is 0 Å². The minimum Gasteiger partial charge on any atom is -0.454 e. The highest BCUT2D eigenvalue weighted by molar-refractivity contribution is 7.94. The number of carbonyl (C=O) groups is 1. The minimum atomic E-state index is -3.71. The van der Waals surface area contributed by atoms with Gasteiger partial charge in [-0.1, -0.05) is 6.07 Å². The molecule has 1 aromatic heterocycles. The highest BCUT2D eigenvalue weighted by Crippen LogP contribution is 2.37. The van der Waals surface area contributed by atoms with E-state index >= 15 is 0 Å². The van der Waals surface area contributed by atoms with Crippen LogP contribution in [0.15, 0.2) is 52.7 Å². The summed E-state index contributed by atoms with van der Waals surface area (Å²) in [4.78, 5) is 13.5. The number of carbonyl (C=O) groups excluding carboxylic acids is 1. The van der Waals surface area contributed by atoms with Crippen LogP contribution in [-0.4, -0.2) is 14.3 Å². The van der Waals surface area contributed by atoms with Gasteiger partial charge in [0, 0.05) is 10.6 Å². The van der Waals surface area contributed by atoms with Gasteiger partial charge in [0.05, 0.1) is 11.3 Å². The van der Waals surface area contributed by atoms with Crippen LogP contribution in [0, 0.1) is 13.8 Å². The molecule has 0 saturated heterocycles. The van der Waals surface area contributed by atoms with Crippen molar-refractivity contribution < 1.29 is 17.9 Å². The normalized spacial score (nSPS) is 13.0. The smallest absolute Gasteiger partial charge is 0.271 e. The zero-order valence-corrected chi connectivity index (χ0v) is 16.2. The molecule has 2 aromatic carbocycles. The first-order valence-corrected chi connectivity index (χ1v) is 10.4. The summed E-state index contributed by atoms with van der Waals surface area (Å²) in [7, 11) is -3.71. The molecule has 1 amide bonds. The van der Waals surface area contributed by atoms with E-state index in [9.17, 15) is 13.2 Å². The lowest BCUT2D eigenvalue weighted by Crippen LogP contribution is -2.14. The maximum atomic E-state index is 12.6. The summed E-state index contributed by atoms with van der Waals surface area (Å²) >= 11 is 1.19. The fourth-order valence-corrected chi connectivity index (χ4v) is 5.09. The first kappa shape index (κ1) is 17.6. The number of hydrogen-bond acceptors (Lipinski definition) is 5. The first-order valence-electron chi connectivity index (χ1n) is 8.15. The third-order valence-electron chi connectivity index (χ3n) is 4.06. The molecule has 2 heterocycles. The van der Waals surface area contributed by atoms with E-state index in [0.29, 0.717) is 22.9 Å². The van der Waals surface area contributed by atoms with E-state index < -0.39 is 10.0 Å². The van der Waals surface area contributed by atoms with Crippen LogP contribution in [-0.2, 0) is 10.0 Å². The lowest BCUT2D eigenvalue weighted by Gasteiger charge is -2.10. The van der Waals surface area contributed by atoms with Gasteiger partial charge in [-0.25, -0.2) is 8.42 Å². The number of hydrogen-bond donors (Lipinski definition) is 2. The number of rotatable bonds is 3. The summed E-state index contributed by atoms with van der Waals surface area (Å²) in [5.41, 5.74) is 2.11. The quantitative estimate of drug-likeness (QED) is 0.677. The van der Waals surface area contributed by atoms with Crippen molar-refractivity contribution in [3.8, 4) is 11.5 Å². The number of sulfonamides is 1. The van der Waals surface area contributed by atoms with Gasteiger partial charge in [0.25, 0.3) is 15.9 Å². The highest BCUT2D eigenvalue weighted by Gasteiger charge is 2.23. The van der Waals surface area contributed by atoms with Crippen molar-refractivity contribution in [1.29, 1.82) is 0 Å². The topological polar surface area (TPSA) is 84.5 Å². The molecule has 8 heteroatoms. The highest BCUT2D eigenvalue weighted by atomic mass is 32.2. The molecule has 0 radical (unpaired) electrons. The summed E-state index contributed by atoms with van der Waals surface area (Å²) in [6, 6.07) is 13.4. The summed E-state index contributed by atoms with van der Waals surface area (Å²) in [6.07, 6.45) is 0. The standard InChI is InChI=1S/C19H16N2O4S2/c1-11-3-6-17-15(9-11)20-19(22)14-10-13(5-7-16(14)25-17)21-27(23,24)18-8-4-12(2)26-18/h3-10,21H,1-2H3,(H,20,22). The fraction of sp³-hybridized carbons (Fsp3) is 0.105. The van der Waals surface area contributed by atoms with E-state index in [-0.39, 0.29) is 15.7 Å². The van der Waals surface area contributed by atoms with Crippen molar-refractivity contribution >= 4 is 38.6 Å². The number of thiophene rings is 1. The zero-order chi connectivity index (χ0) is 19.2. The molecule has 0 spiro atoms. The minimum absolute atomic E-state index is 0.221. The Bertz CT molecular complexity index is 1170. The lowest BCUT2D eigenvalue weighted by molar-refractivity contribution is 0.102. The van der Waals surface area contributed by atoms with Crippen molar-refractivity contribution in [3.63, 3.8) is 0 Å². The molecule has 0 aliphatic carbocycles. The van der Waals surface area contributed by atoms with Gasteiger partial charge in [0.2, 0.25) is 0 Å². The number of amides is 1. The number of benzene rings is 2. The molecule has 1 aliphatic rings. The second kappa shape index (κ2) is 6.40. The molecule has 27 heavy (non-hydrogen) atoms. The van der Waals surface area contributed by atoms with Crippen LogP contribution in [0.4, 0.5) is 11.4 Å². The fourth-order valence-electron chi connectivity index (χ4n) is 2.76. The maximum absolute atomic E-state index is 12.6. The van der Waals surface area contributed by atoms with E-state index in [1.165, 1.54) is 17.4 Å². The average Bonchev–Trinajstić information content (AvgIpc) is 3.00. The molecule has 0 saturated carbocycles. The largest absolute Gasteiger partial charge is 0.454 e. The average molecular weight is 400 g/mol. The Balaban J connectivity index is 1.68. The summed E-state index contributed by atoms with van der Waals surface area (Å²) in [6.45, 7) is 3.76. The molecule has 0 fully saturated rings. The number of ether oxygens (including phenoxy) is 1. The molecule has 3 aromatic rings. The Morgan fingerprint density at radius 3 is 2.52 bits per heavy atom. The van der Waals surface area contributed by atoms with Gasteiger partial charge in [-0.05, 0) is 61.9 Å². The van der Waals surface area contributed by atoms with Gasteiger partial charge in [0.1, 0.15) is 9.96 Å². The molecule has 4 rings (SSSR count). The SMILES string of the molecule is Cc1ccc2c(c1)NC(=O)c1cc(NS(=O)(=O)c3ccc(C)s3)ccc1O2. The Hall–Kier alpha value is -2.84. The number of nitrogens with one attached hydrogen (secondary N) is 2. The van der Waals surface area contributed by atoms with Crippen molar-refractivity contribution in [1.82, 2.24) is 0 Å². The summed E-state index contributed by atoms with van der Waals surface area (Å²) in [5.74, 6) is 0.544. The monoisotopic (exact) mass is 400 g/mol. The van der Waals surface area contributed by atoms with Crippen molar-refractivity contribution in [2.45, 2.75) is 18.1 Å².